The lowest BCUT2D eigenvalue weighted by Gasteiger charge is -2.09. The van der Waals surface area contributed by atoms with Gasteiger partial charge in [-0.3, -0.25) is 14.9 Å². The fourth-order valence-electron chi connectivity index (χ4n) is 3.14. The molecule has 1 aromatic heterocycles. The molecule has 0 radical (unpaired) electrons. The Balaban J connectivity index is 1.72. The highest BCUT2D eigenvalue weighted by Crippen LogP contribution is 2.36. The van der Waals surface area contributed by atoms with Crippen molar-refractivity contribution in [3.05, 3.63) is 81.7 Å². The lowest BCUT2D eigenvalue weighted by molar-refractivity contribution is -0.526. The number of carbonyl (C=O) groups is 2. The fourth-order valence-corrected chi connectivity index (χ4v) is 3.14. The minimum Gasteiger partial charge on any atom is -0.476 e. The van der Waals surface area contributed by atoms with Crippen molar-refractivity contribution in [2.75, 3.05) is 0 Å². The van der Waals surface area contributed by atoms with Crippen LogP contribution in [0.15, 0.2) is 54.6 Å². The summed E-state index contributed by atoms with van der Waals surface area (Å²) in [6.45, 7) is 0. The van der Waals surface area contributed by atoms with Crippen LogP contribution in [-0.2, 0) is 0 Å². The van der Waals surface area contributed by atoms with E-state index in [9.17, 15) is 24.8 Å². The molecule has 1 aliphatic carbocycles. The maximum atomic E-state index is 12.2. The molecule has 29 heavy (non-hydrogen) atoms. The molecule has 2 aromatic carbocycles. The number of para-hydroxylation sites is 1. The van der Waals surface area contributed by atoms with Crippen LogP contribution in [-0.4, -0.2) is 31.8 Å². The molecule has 144 valence electrons. The predicted molar refractivity (Wildman–Crippen MR) is 99.6 cm³/mol. The molecule has 3 aromatic rings. The molecule has 1 atom stereocenters. The van der Waals surface area contributed by atoms with E-state index < -0.39 is 34.8 Å². The van der Waals surface area contributed by atoms with Gasteiger partial charge in [0.1, 0.15) is 17.2 Å². The van der Waals surface area contributed by atoms with Gasteiger partial charge in [0, 0.05) is 10.5 Å². The number of nitro groups is 1. The highest BCUT2D eigenvalue weighted by Gasteiger charge is 2.43. The first-order chi connectivity index (χ1) is 13.9. The Morgan fingerprint density at radius 2 is 1.72 bits per heavy atom. The van der Waals surface area contributed by atoms with Crippen LogP contribution in [0.5, 0.6) is 11.5 Å². The Kier molecular flexibility index (Phi) is 4.47. The topological polar surface area (TPSA) is 133 Å². The van der Waals surface area contributed by atoms with E-state index in [0.29, 0.717) is 17.1 Å². The molecule has 1 heterocycles. The molecule has 0 spiro atoms. The lowest BCUT2D eigenvalue weighted by Crippen LogP contribution is -2.15. The third kappa shape index (κ3) is 3.41. The molecule has 1 N–H and O–H groups in total. The molecule has 0 saturated heterocycles. The molecule has 0 bridgehead atoms. The highest BCUT2D eigenvalue weighted by molar-refractivity contribution is 6.03. The summed E-state index contributed by atoms with van der Waals surface area (Å²) in [5, 5.41) is 20.7. The Morgan fingerprint density at radius 1 is 1.07 bits per heavy atom. The van der Waals surface area contributed by atoms with Crippen LogP contribution >= 0.6 is 0 Å². The fraction of sp³-hybridized carbons (Fsp3) is 0.100. The van der Waals surface area contributed by atoms with Gasteiger partial charge in [-0.2, -0.15) is 0 Å². The summed E-state index contributed by atoms with van der Waals surface area (Å²) in [7, 11) is 0. The van der Waals surface area contributed by atoms with Crippen molar-refractivity contribution in [2.45, 2.75) is 12.5 Å². The second-order valence-electron chi connectivity index (χ2n) is 6.33. The predicted octanol–water partition coefficient (Wildman–Crippen LogP) is 3.54. The number of nitrogens with zero attached hydrogens (tertiary/aromatic N) is 3. The van der Waals surface area contributed by atoms with Gasteiger partial charge < -0.3 is 9.84 Å². The molecular formula is C20H13N3O6. The summed E-state index contributed by atoms with van der Waals surface area (Å²) >= 11 is 0. The molecule has 0 saturated carbocycles. The number of ketones is 1. The number of aromatic nitrogens is 2. The second kappa shape index (κ2) is 7.12. The largest absolute Gasteiger partial charge is 0.476 e. The standard InChI is InChI=1S/C20H13N3O6/c24-15-10-14(23(27)28)16-17(15)21-19(22-18(16)20(25)26)11-6-8-13(9-7-11)29-12-4-2-1-3-5-12/h1-9,14H,10H2,(H,25,26). The van der Waals surface area contributed by atoms with Crippen molar-refractivity contribution in [1.82, 2.24) is 9.97 Å². The van der Waals surface area contributed by atoms with Gasteiger partial charge in [-0.15, -0.1) is 0 Å². The van der Waals surface area contributed by atoms with Crippen LogP contribution in [0.25, 0.3) is 11.4 Å². The lowest BCUT2D eigenvalue weighted by atomic mass is 10.1. The number of hydrogen-bond donors (Lipinski definition) is 1. The molecule has 4 rings (SSSR count). The van der Waals surface area contributed by atoms with Crippen LogP contribution in [0, 0.1) is 10.1 Å². The number of benzene rings is 2. The van der Waals surface area contributed by atoms with Gasteiger partial charge in [-0.05, 0) is 36.4 Å². The van der Waals surface area contributed by atoms with Crippen LogP contribution in [0.1, 0.15) is 39.0 Å². The van der Waals surface area contributed by atoms with Crippen molar-refractivity contribution in [3.8, 4) is 22.9 Å². The Labute approximate surface area is 163 Å². The van der Waals surface area contributed by atoms with Gasteiger partial charge in [-0.1, -0.05) is 18.2 Å². The van der Waals surface area contributed by atoms with Gasteiger partial charge >= 0.3 is 5.97 Å². The summed E-state index contributed by atoms with van der Waals surface area (Å²) < 4.78 is 5.70. The first-order valence-electron chi connectivity index (χ1n) is 8.59. The monoisotopic (exact) mass is 391 g/mol. The summed E-state index contributed by atoms with van der Waals surface area (Å²) in [5.41, 5.74) is -0.519. The third-order valence-corrected chi connectivity index (χ3v) is 4.47. The molecule has 0 amide bonds. The molecule has 9 heteroatoms. The molecule has 0 fully saturated rings. The highest BCUT2D eigenvalue weighted by atomic mass is 16.6. The summed E-state index contributed by atoms with van der Waals surface area (Å²) in [5.74, 6) is -0.820. The maximum absolute atomic E-state index is 12.2. The number of carboxylic acids is 1. The van der Waals surface area contributed by atoms with Crippen molar-refractivity contribution in [2.24, 2.45) is 0 Å². The maximum Gasteiger partial charge on any atom is 0.355 e. The van der Waals surface area contributed by atoms with Gasteiger partial charge in [0.05, 0.1) is 12.0 Å². The van der Waals surface area contributed by atoms with Crippen molar-refractivity contribution < 1.29 is 24.4 Å². The molecule has 1 unspecified atom stereocenters. The zero-order valence-corrected chi connectivity index (χ0v) is 14.8. The average molecular weight is 391 g/mol. The number of hydrogen-bond acceptors (Lipinski definition) is 7. The minimum absolute atomic E-state index is 0.00441. The zero-order valence-electron chi connectivity index (χ0n) is 14.8. The van der Waals surface area contributed by atoms with Gasteiger partial charge in [0.2, 0.25) is 6.04 Å². The van der Waals surface area contributed by atoms with E-state index in [1.54, 1.807) is 36.4 Å². The number of aromatic carboxylic acids is 1. The van der Waals surface area contributed by atoms with Crippen molar-refractivity contribution >= 4 is 11.8 Å². The van der Waals surface area contributed by atoms with E-state index in [1.165, 1.54) is 0 Å². The van der Waals surface area contributed by atoms with Crippen LogP contribution in [0.4, 0.5) is 0 Å². The van der Waals surface area contributed by atoms with E-state index in [-0.39, 0.29) is 17.1 Å². The first kappa shape index (κ1) is 18.2. The Bertz CT molecular complexity index is 1130. The Hall–Kier alpha value is -4.14. The average Bonchev–Trinajstić information content (AvgIpc) is 3.05. The van der Waals surface area contributed by atoms with Crippen molar-refractivity contribution in [3.63, 3.8) is 0 Å². The van der Waals surface area contributed by atoms with E-state index in [2.05, 4.69) is 9.97 Å². The number of Topliss-reactive ketones (excluding diaryl/α,β-unsaturated/α-hetero) is 1. The van der Waals surface area contributed by atoms with E-state index in [1.807, 2.05) is 18.2 Å². The minimum atomic E-state index is -1.45. The summed E-state index contributed by atoms with van der Waals surface area (Å²) in [6.07, 6.45) is -0.426. The summed E-state index contributed by atoms with van der Waals surface area (Å²) in [4.78, 5) is 42.5. The Morgan fingerprint density at radius 3 is 2.34 bits per heavy atom. The quantitative estimate of drug-likeness (QED) is 0.516. The molecule has 1 aliphatic rings. The van der Waals surface area contributed by atoms with Crippen LogP contribution < -0.4 is 4.74 Å². The third-order valence-electron chi connectivity index (χ3n) is 4.47. The molecule has 9 nitrogen and oxygen atoms in total. The zero-order chi connectivity index (χ0) is 20.5. The number of carbonyl (C=O) groups excluding carboxylic acids is 1. The van der Waals surface area contributed by atoms with Crippen LogP contribution in [0.3, 0.4) is 0 Å². The number of ether oxygens (including phenoxy) is 1. The first-order valence-corrected chi connectivity index (χ1v) is 8.59. The van der Waals surface area contributed by atoms with Crippen LogP contribution in [0.2, 0.25) is 0 Å². The van der Waals surface area contributed by atoms with Crippen molar-refractivity contribution in [1.29, 1.82) is 0 Å². The molecule has 0 aliphatic heterocycles. The van der Waals surface area contributed by atoms with E-state index in [4.69, 9.17) is 4.74 Å². The number of rotatable bonds is 5. The number of fused-ring (bicyclic) bond motifs is 1. The van der Waals surface area contributed by atoms with E-state index in [0.717, 1.165) is 0 Å². The SMILES string of the molecule is O=C(O)c1nc(-c2ccc(Oc3ccccc3)cc2)nc2c1C([N+](=O)[O-])CC2=O. The van der Waals surface area contributed by atoms with Gasteiger partial charge in [0.25, 0.3) is 0 Å². The number of carboxylic acid groups (broad SMARTS) is 1. The second-order valence-corrected chi connectivity index (χ2v) is 6.33. The normalized spacial score (nSPS) is 15.0. The summed E-state index contributed by atoms with van der Waals surface area (Å²) in [6, 6.07) is 14.2. The van der Waals surface area contributed by atoms with E-state index >= 15 is 0 Å². The molecular weight excluding hydrogens is 378 g/mol. The van der Waals surface area contributed by atoms with Gasteiger partial charge in [-0.25, -0.2) is 14.8 Å². The van der Waals surface area contributed by atoms with Gasteiger partial charge in [0.15, 0.2) is 17.3 Å². The smallest absolute Gasteiger partial charge is 0.355 e.